The van der Waals surface area contributed by atoms with Crippen LogP contribution in [0.3, 0.4) is 0 Å². The van der Waals surface area contributed by atoms with Gasteiger partial charge in [-0.2, -0.15) is 0 Å². The molecule has 0 radical (unpaired) electrons. The summed E-state index contributed by atoms with van der Waals surface area (Å²) in [5.41, 5.74) is 1.34. The van der Waals surface area contributed by atoms with E-state index in [0.717, 1.165) is 6.42 Å². The zero-order valence-corrected chi connectivity index (χ0v) is 9.31. The molecule has 80 valence electrons. The molecule has 0 N–H and O–H groups in total. The maximum Gasteiger partial charge on any atom is 0.136 e. The average Bonchev–Trinajstić information content (AvgIpc) is 2.35. The number of ketones is 1. The minimum atomic E-state index is 0.200. The molecule has 3 rings (SSSR count). The molecule has 0 bridgehead atoms. The lowest BCUT2D eigenvalue weighted by Gasteiger charge is -2.33. The summed E-state index contributed by atoms with van der Waals surface area (Å²) in [5.74, 6) is 1.03. The molecule has 2 atom stereocenters. The summed E-state index contributed by atoms with van der Waals surface area (Å²) in [6, 6.07) is 14.8. The summed E-state index contributed by atoms with van der Waals surface area (Å²) in [5, 5.41) is 2.57. The third kappa shape index (κ3) is 1.28. The van der Waals surface area contributed by atoms with Crippen molar-refractivity contribution in [1.29, 1.82) is 0 Å². The molecule has 1 saturated carbocycles. The van der Waals surface area contributed by atoms with Gasteiger partial charge in [0.1, 0.15) is 5.78 Å². The van der Waals surface area contributed by atoms with Crippen LogP contribution in [0.5, 0.6) is 0 Å². The first-order chi connectivity index (χ1) is 7.77. The van der Waals surface area contributed by atoms with Crippen LogP contribution in [0.15, 0.2) is 42.5 Å². The van der Waals surface area contributed by atoms with E-state index in [9.17, 15) is 4.79 Å². The Morgan fingerprint density at radius 1 is 1.06 bits per heavy atom. The van der Waals surface area contributed by atoms with Crippen LogP contribution >= 0.6 is 0 Å². The Morgan fingerprint density at radius 2 is 1.81 bits per heavy atom. The molecular weight excluding hydrogens is 196 g/mol. The van der Waals surface area contributed by atoms with Crippen LogP contribution in [-0.2, 0) is 4.79 Å². The highest BCUT2D eigenvalue weighted by Crippen LogP contribution is 2.41. The molecule has 2 aromatic carbocycles. The van der Waals surface area contributed by atoms with Crippen LogP contribution in [0, 0.1) is 5.92 Å². The highest BCUT2D eigenvalue weighted by atomic mass is 16.1. The van der Waals surface area contributed by atoms with Gasteiger partial charge < -0.3 is 0 Å². The maximum absolute atomic E-state index is 11.4. The number of hydrogen-bond acceptors (Lipinski definition) is 1. The van der Waals surface area contributed by atoms with Gasteiger partial charge >= 0.3 is 0 Å². The van der Waals surface area contributed by atoms with Gasteiger partial charge in [0.2, 0.25) is 0 Å². The van der Waals surface area contributed by atoms with Crippen molar-refractivity contribution in [3.63, 3.8) is 0 Å². The maximum atomic E-state index is 11.4. The SMILES string of the molecule is CC1C(=O)CC1c1cccc2ccccc12. The van der Waals surface area contributed by atoms with Crippen molar-refractivity contribution in [3.8, 4) is 0 Å². The monoisotopic (exact) mass is 210 g/mol. The van der Waals surface area contributed by atoms with Crippen LogP contribution in [-0.4, -0.2) is 5.78 Å². The fourth-order valence-electron chi connectivity index (χ4n) is 2.60. The molecular formula is C15H14O. The largest absolute Gasteiger partial charge is 0.299 e. The van der Waals surface area contributed by atoms with E-state index in [1.807, 2.05) is 6.92 Å². The van der Waals surface area contributed by atoms with Gasteiger partial charge in [-0.15, -0.1) is 0 Å². The topological polar surface area (TPSA) is 17.1 Å². The molecule has 1 aliphatic carbocycles. The standard InChI is InChI=1S/C15H14O/c1-10-14(9-15(10)16)13-8-4-6-11-5-2-3-7-12(11)13/h2-8,10,14H,9H2,1H3. The van der Waals surface area contributed by atoms with Crippen molar-refractivity contribution in [3.05, 3.63) is 48.0 Å². The first-order valence-corrected chi connectivity index (χ1v) is 5.78. The Bertz CT molecular complexity index is 551. The summed E-state index contributed by atoms with van der Waals surface area (Å²) < 4.78 is 0. The van der Waals surface area contributed by atoms with Crippen molar-refractivity contribution in [1.82, 2.24) is 0 Å². The van der Waals surface area contributed by atoms with Crippen LogP contribution < -0.4 is 0 Å². The second-order valence-electron chi connectivity index (χ2n) is 4.63. The van der Waals surface area contributed by atoms with Crippen molar-refractivity contribution in [2.24, 2.45) is 5.92 Å². The molecule has 0 heterocycles. The highest BCUT2D eigenvalue weighted by molar-refractivity contribution is 5.93. The third-order valence-corrected chi connectivity index (χ3v) is 3.76. The normalized spacial score (nSPS) is 24.4. The van der Waals surface area contributed by atoms with Gasteiger partial charge in [-0.3, -0.25) is 4.79 Å². The van der Waals surface area contributed by atoms with Gasteiger partial charge in [0.25, 0.3) is 0 Å². The number of rotatable bonds is 1. The second-order valence-corrected chi connectivity index (χ2v) is 4.63. The number of carbonyl (C=O) groups is 1. The van der Waals surface area contributed by atoms with Crippen molar-refractivity contribution in [2.45, 2.75) is 19.3 Å². The first-order valence-electron chi connectivity index (χ1n) is 5.78. The molecule has 0 aromatic heterocycles. The number of benzene rings is 2. The molecule has 0 aliphatic heterocycles. The minimum Gasteiger partial charge on any atom is -0.299 e. The predicted molar refractivity (Wildman–Crippen MR) is 65.5 cm³/mol. The lowest BCUT2D eigenvalue weighted by Crippen LogP contribution is -2.32. The molecule has 1 aliphatic rings. The summed E-state index contributed by atoms with van der Waals surface area (Å²) in [7, 11) is 0. The molecule has 16 heavy (non-hydrogen) atoms. The summed E-state index contributed by atoms with van der Waals surface area (Å²) in [6.07, 6.45) is 0.717. The van der Waals surface area contributed by atoms with E-state index in [-0.39, 0.29) is 5.92 Å². The number of carbonyl (C=O) groups excluding carboxylic acids is 1. The quantitative estimate of drug-likeness (QED) is 0.703. The first kappa shape index (κ1) is 9.59. The molecule has 1 fully saturated rings. The average molecular weight is 210 g/mol. The van der Waals surface area contributed by atoms with E-state index < -0.39 is 0 Å². The van der Waals surface area contributed by atoms with Crippen molar-refractivity contribution in [2.75, 3.05) is 0 Å². The van der Waals surface area contributed by atoms with E-state index in [2.05, 4.69) is 42.5 Å². The number of Topliss-reactive ketones (excluding diaryl/α,β-unsaturated/α-hetero) is 1. The Hall–Kier alpha value is -1.63. The molecule has 0 saturated heterocycles. The van der Waals surface area contributed by atoms with Gasteiger partial charge in [-0.1, -0.05) is 49.4 Å². The smallest absolute Gasteiger partial charge is 0.136 e. The third-order valence-electron chi connectivity index (χ3n) is 3.76. The fourth-order valence-corrected chi connectivity index (χ4v) is 2.60. The molecule has 1 nitrogen and oxygen atoms in total. The fraction of sp³-hybridized carbons (Fsp3) is 0.267. The molecule has 0 amide bonds. The van der Waals surface area contributed by atoms with Crippen LogP contribution in [0.25, 0.3) is 10.8 Å². The Morgan fingerprint density at radius 3 is 2.56 bits per heavy atom. The van der Waals surface area contributed by atoms with E-state index >= 15 is 0 Å². The van der Waals surface area contributed by atoms with Gasteiger partial charge in [0, 0.05) is 18.3 Å². The summed E-state index contributed by atoms with van der Waals surface area (Å²) in [4.78, 5) is 11.4. The van der Waals surface area contributed by atoms with Gasteiger partial charge in [-0.25, -0.2) is 0 Å². The van der Waals surface area contributed by atoms with Gasteiger partial charge in [0.15, 0.2) is 0 Å². The van der Waals surface area contributed by atoms with Crippen LogP contribution in [0.1, 0.15) is 24.8 Å². The lowest BCUT2D eigenvalue weighted by molar-refractivity contribution is -0.130. The molecule has 1 heteroatoms. The minimum absolute atomic E-state index is 0.200. The van der Waals surface area contributed by atoms with E-state index in [4.69, 9.17) is 0 Å². The van der Waals surface area contributed by atoms with Crippen LogP contribution in [0.4, 0.5) is 0 Å². The molecule has 0 spiro atoms. The second kappa shape index (κ2) is 3.44. The van der Waals surface area contributed by atoms with E-state index in [1.165, 1.54) is 16.3 Å². The zero-order valence-electron chi connectivity index (χ0n) is 9.31. The molecule has 2 aromatic rings. The molecule has 2 unspecified atom stereocenters. The van der Waals surface area contributed by atoms with E-state index in [1.54, 1.807) is 0 Å². The summed E-state index contributed by atoms with van der Waals surface area (Å²) in [6.45, 7) is 2.04. The van der Waals surface area contributed by atoms with Gasteiger partial charge in [-0.05, 0) is 16.3 Å². The van der Waals surface area contributed by atoms with Crippen LogP contribution in [0.2, 0.25) is 0 Å². The number of hydrogen-bond donors (Lipinski definition) is 0. The Kier molecular flexibility index (Phi) is 2.06. The van der Waals surface area contributed by atoms with Crippen molar-refractivity contribution < 1.29 is 4.79 Å². The van der Waals surface area contributed by atoms with Gasteiger partial charge in [0.05, 0.1) is 0 Å². The Balaban J connectivity index is 2.14. The summed E-state index contributed by atoms with van der Waals surface area (Å²) >= 11 is 0. The zero-order chi connectivity index (χ0) is 11.1. The Labute approximate surface area is 95.1 Å². The van der Waals surface area contributed by atoms with Crippen molar-refractivity contribution >= 4 is 16.6 Å². The predicted octanol–water partition coefficient (Wildman–Crippen LogP) is 3.53. The highest BCUT2D eigenvalue weighted by Gasteiger charge is 2.37. The van der Waals surface area contributed by atoms with E-state index in [0.29, 0.717) is 11.7 Å². The lowest BCUT2D eigenvalue weighted by atomic mass is 9.69. The number of fused-ring (bicyclic) bond motifs is 1.